The third kappa shape index (κ3) is 6.85. The lowest BCUT2D eigenvalue weighted by Gasteiger charge is -2.38. The van der Waals surface area contributed by atoms with E-state index < -0.39 is 6.04 Å². The second kappa shape index (κ2) is 11.0. The van der Waals surface area contributed by atoms with Gasteiger partial charge in [-0.25, -0.2) is 0 Å². The molecule has 1 aromatic heterocycles. The Kier molecular flexibility index (Phi) is 8.92. The summed E-state index contributed by atoms with van der Waals surface area (Å²) in [4.78, 5) is 27.6. The van der Waals surface area contributed by atoms with Gasteiger partial charge in [-0.15, -0.1) is 11.3 Å². The molecule has 2 unspecified atom stereocenters. The Morgan fingerprint density at radius 1 is 1.17 bits per heavy atom. The van der Waals surface area contributed by atoms with Crippen LogP contribution in [0.1, 0.15) is 57.6 Å². The standard InChI is InChI=1S/C20H23ClN2O2S.C4H10/c1-12(2)8-17-10-23(13(3)19(24)22-17)20(25)18-9-15(11-26-18)14-4-6-16(21)7-5-14;1-4(2)3/h4-7,9,11-13,17H,8,10H2,1-3H3,(H,22,24);4H,1-3H3. The van der Waals surface area contributed by atoms with E-state index in [0.717, 1.165) is 23.5 Å². The molecule has 1 saturated heterocycles. The maximum absolute atomic E-state index is 13.0. The number of hydrogen-bond acceptors (Lipinski definition) is 3. The highest BCUT2D eigenvalue weighted by molar-refractivity contribution is 7.12. The molecule has 0 aliphatic carbocycles. The number of carbonyl (C=O) groups is 2. The summed E-state index contributed by atoms with van der Waals surface area (Å²) in [5.74, 6) is 1.14. The van der Waals surface area contributed by atoms with Crippen molar-refractivity contribution >= 4 is 34.8 Å². The Morgan fingerprint density at radius 2 is 1.77 bits per heavy atom. The molecular formula is C24H33ClN2O2S. The fourth-order valence-corrected chi connectivity index (χ4v) is 4.25. The Hall–Kier alpha value is -1.85. The molecule has 164 valence electrons. The van der Waals surface area contributed by atoms with E-state index in [0.29, 0.717) is 22.4 Å². The van der Waals surface area contributed by atoms with Gasteiger partial charge >= 0.3 is 0 Å². The van der Waals surface area contributed by atoms with Crippen molar-refractivity contribution in [3.63, 3.8) is 0 Å². The molecule has 0 spiro atoms. The number of carbonyl (C=O) groups excluding carboxylic acids is 2. The van der Waals surface area contributed by atoms with E-state index in [1.807, 2.05) is 35.7 Å². The van der Waals surface area contributed by atoms with Crippen LogP contribution < -0.4 is 5.32 Å². The lowest BCUT2D eigenvalue weighted by atomic mass is 9.99. The summed E-state index contributed by atoms with van der Waals surface area (Å²) in [5, 5.41) is 5.68. The normalized spacial score (nSPS) is 18.8. The van der Waals surface area contributed by atoms with Gasteiger partial charge < -0.3 is 10.2 Å². The SMILES string of the molecule is CC(C)C.CC(C)CC1CN(C(=O)c2cc(-c3ccc(Cl)cc3)cs2)C(C)C(=O)N1. The van der Waals surface area contributed by atoms with Gasteiger partial charge in [0.15, 0.2) is 0 Å². The maximum Gasteiger partial charge on any atom is 0.264 e. The zero-order valence-corrected chi connectivity index (χ0v) is 20.3. The van der Waals surface area contributed by atoms with Crippen molar-refractivity contribution < 1.29 is 9.59 Å². The number of benzene rings is 1. The highest BCUT2D eigenvalue weighted by atomic mass is 35.5. The molecule has 1 N–H and O–H groups in total. The molecule has 0 bridgehead atoms. The van der Waals surface area contributed by atoms with Crippen LogP contribution in [0.5, 0.6) is 0 Å². The van der Waals surface area contributed by atoms with Gasteiger partial charge in [0.05, 0.1) is 4.88 Å². The smallest absolute Gasteiger partial charge is 0.264 e. The minimum Gasteiger partial charge on any atom is -0.350 e. The molecule has 3 rings (SSSR count). The number of nitrogens with zero attached hydrogens (tertiary/aromatic N) is 1. The van der Waals surface area contributed by atoms with Crippen LogP contribution in [-0.2, 0) is 4.79 Å². The van der Waals surface area contributed by atoms with Gasteiger partial charge in [-0.1, -0.05) is 58.4 Å². The Bertz CT molecular complexity index is 842. The molecule has 2 aromatic rings. The number of amides is 2. The zero-order valence-electron chi connectivity index (χ0n) is 18.7. The van der Waals surface area contributed by atoms with Crippen LogP contribution >= 0.6 is 22.9 Å². The van der Waals surface area contributed by atoms with E-state index in [9.17, 15) is 9.59 Å². The zero-order chi connectivity index (χ0) is 22.4. The number of hydrogen-bond donors (Lipinski definition) is 1. The highest BCUT2D eigenvalue weighted by Crippen LogP contribution is 2.28. The average molecular weight is 449 g/mol. The van der Waals surface area contributed by atoms with Crippen molar-refractivity contribution in [1.29, 1.82) is 0 Å². The number of piperazine rings is 1. The molecule has 1 aliphatic heterocycles. The van der Waals surface area contributed by atoms with E-state index in [-0.39, 0.29) is 17.9 Å². The van der Waals surface area contributed by atoms with Crippen molar-refractivity contribution in [3.8, 4) is 11.1 Å². The minimum atomic E-state index is -0.452. The van der Waals surface area contributed by atoms with Crippen molar-refractivity contribution in [3.05, 3.63) is 45.6 Å². The molecule has 2 amide bonds. The molecule has 1 aliphatic rings. The largest absolute Gasteiger partial charge is 0.350 e. The van der Waals surface area contributed by atoms with Crippen molar-refractivity contribution in [2.24, 2.45) is 11.8 Å². The predicted molar refractivity (Wildman–Crippen MR) is 127 cm³/mol. The first-order valence-corrected chi connectivity index (χ1v) is 11.8. The predicted octanol–water partition coefficient (Wildman–Crippen LogP) is 6.11. The Labute approximate surface area is 189 Å². The van der Waals surface area contributed by atoms with Gasteiger partial charge in [0.25, 0.3) is 5.91 Å². The van der Waals surface area contributed by atoms with Crippen LogP contribution in [0.3, 0.4) is 0 Å². The van der Waals surface area contributed by atoms with Gasteiger partial charge in [0.2, 0.25) is 5.91 Å². The molecule has 2 heterocycles. The number of thiophene rings is 1. The van der Waals surface area contributed by atoms with E-state index in [4.69, 9.17) is 11.6 Å². The third-order valence-electron chi connectivity index (χ3n) is 4.61. The van der Waals surface area contributed by atoms with Gasteiger partial charge in [-0.05, 0) is 59.9 Å². The molecule has 1 fully saturated rings. The maximum atomic E-state index is 13.0. The third-order valence-corrected chi connectivity index (χ3v) is 5.79. The summed E-state index contributed by atoms with van der Waals surface area (Å²) >= 11 is 7.35. The van der Waals surface area contributed by atoms with Crippen LogP contribution in [-0.4, -0.2) is 35.3 Å². The van der Waals surface area contributed by atoms with Gasteiger partial charge in [0.1, 0.15) is 6.04 Å². The lowest BCUT2D eigenvalue weighted by molar-refractivity contribution is -0.128. The van der Waals surface area contributed by atoms with Crippen LogP contribution in [0.2, 0.25) is 5.02 Å². The first kappa shape index (κ1) is 24.4. The van der Waals surface area contributed by atoms with E-state index in [2.05, 4.69) is 39.9 Å². The highest BCUT2D eigenvalue weighted by Gasteiger charge is 2.35. The van der Waals surface area contributed by atoms with E-state index in [1.54, 1.807) is 11.8 Å². The molecule has 2 atom stereocenters. The first-order valence-electron chi connectivity index (χ1n) is 10.5. The van der Waals surface area contributed by atoms with E-state index >= 15 is 0 Å². The lowest BCUT2D eigenvalue weighted by Crippen LogP contribution is -2.60. The van der Waals surface area contributed by atoms with Crippen molar-refractivity contribution in [2.45, 2.75) is 60.0 Å². The molecule has 0 radical (unpaired) electrons. The molecule has 30 heavy (non-hydrogen) atoms. The molecule has 0 saturated carbocycles. The number of halogens is 1. The fourth-order valence-electron chi connectivity index (χ4n) is 3.25. The average Bonchev–Trinajstić information content (AvgIpc) is 3.14. The fraction of sp³-hybridized carbons (Fsp3) is 0.500. The van der Waals surface area contributed by atoms with Gasteiger partial charge in [-0.2, -0.15) is 0 Å². The Balaban J connectivity index is 0.000000735. The van der Waals surface area contributed by atoms with Crippen LogP contribution in [0.4, 0.5) is 0 Å². The van der Waals surface area contributed by atoms with Crippen LogP contribution in [0.25, 0.3) is 11.1 Å². The topological polar surface area (TPSA) is 49.4 Å². The summed E-state index contributed by atoms with van der Waals surface area (Å²) in [6, 6.07) is 9.01. The molecular weight excluding hydrogens is 416 g/mol. The molecule has 4 nitrogen and oxygen atoms in total. The van der Waals surface area contributed by atoms with Crippen LogP contribution in [0.15, 0.2) is 35.7 Å². The van der Waals surface area contributed by atoms with Gasteiger partial charge in [-0.3, -0.25) is 9.59 Å². The molecule has 1 aromatic carbocycles. The number of rotatable bonds is 4. The second-order valence-electron chi connectivity index (χ2n) is 8.91. The summed E-state index contributed by atoms with van der Waals surface area (Å²) in [5.41, 5.74) is 2.01. The van der Waals surface area contributed by atoms with Crippen LogP contribution in [0, 0.1) is 11.8 Å². The molecule has 6 heteroatoms. The van der Waals surface area contributed by atoms with Crippen molar-refractivity contribution in [1.82, 2.24) is 10.2 Å². The summed E-state index contributed by atoms with van der Waals surface area (Å²) in [6.07, 6.45) is 0.864. The van der Waals surface area contributed by atoms with Gasteiger partial charge in [0, 0.05) is 17.6 Å². The second-order valence-corrected chi connectivity index (χ2v) is 10.3. The minimum absolute atomic E-state index is 0.0124. The Morgan fingerprint density at radius 3 is 2.33 bits per heavy atom. The quantitative estimate of drug-likeness (QED) is 0.613. The van der Waals surface area contributed by atoms with E-state index in [1.165, 1.54) is 11.3 Å². The summed E-state index contributed by atoms with van der Waals surface area (Å²) < 4.78 is 0. The summed E-state index contributed by atoms with van der Waals surface area (Å²) in [7, 11) is 0. The first-order chi connectivity index (χ1) is 14.1. The summed E-state index contributed by atoms with van der Waals surface area (Å²) in [6.45, 7) is 13.1. The number of nitrogens with one attached hydrogen (secondary N) is 1. The monoisotopic (exact) mass is 448 g/mol. The van der Waals surface area contributed by atoms with Crippen molar-refractivity contribution in [2.75, 3.05) is 6.54 Å².